The lowest BCUT2D eigenvalue weighted by atomic mass is 9.98. The van der Waals surface area contributed by atoms with Gasteiger partial charge in [0, 0.05) is 19.6 Å². The second-order valence-corrected chi connectivity index (χ2v) is 10.5. The number of nitrogens with one attached hydrogen (secondary N) is 3. The monoisotopic (exact) mass is 474 g/mol. The van der Waals surface area contributed by atoms with E-state index in [4.69, 9.17) is 4.74 Å². The number of nitrogens with zero attached hydrogens (tertiary/aromatic N) is 1. The maximum absolute atomic E-state index is 12.8. The molecule has 2 aromatic carbocycles. The summed E-state index contributed by atoms with van der Waals surface area (Å²) >= 11 is 0. The first kappa shape index (κ1) is 23.5. The standard InChI is InChI=1S/C23H30N4O5S/c1-16-5-7-19(8-6-16)33(30,31)27-11-9-17(10-12-27)13-24-14-18(28)15-32-21-4-2-3-20-22(21)26-23(29)25-20/h2-8,17-18,24,28H,9-15H2,1H3,(H2,25,26,29)/t18-/m0/s1. The van der Waals surface area contributed by atoms with Gasteiger partial charge in [-0.15, -0.1) is 0 Å². The number of hydrogen-bond donors (Lipinski definition) is 4. The van der Waals surface area contributed by atoms with Crippen LogP contribution in [0.25, 0.3) is 11.0 Å². The fraction of sp³-hybridized carbons (Fsp3) is 0.435. The van der Waals surface area contributed by atoms with Crippen molar-refractivity contribution >= 4 is 21.1 Å². The van der Waals surface area contributed by atoms with Crippen LogP contribution in [0.3, 0.4) is 0 Å². The largest absolute Gasteiger partial charge is 0.489 e. The number of rotatable bonds is 9. The van der Waals surface area contributed by atoms with E-state index in [2.05, 4.69) is 15.3 Å². The van der Waals surface area contributed by atoms with Gasteiger partial charge in [0.25, 0.3) is 0 Å². The van der Waals surface area contributed by atoms with Gasteiger partial charge in [0.1, 0.15) is 24.0 Å². The molecule has 10 heteroatoms. The van der Waals surface area contributed by atoms with Gasteiger partial charge >= 0.3 is 5.69 Å². The number of imidazole rings is 1. The van der Waals surface area contributed by atoms with E-state index in [0.29, 0.717) is 53.8 Å². The lowest BCUT2D eigenvalue weighted by Crippen LogP contribution is -2.42. The number of H-pyrrole nitrogens is 2. The van der Waals surface area contributed by atoms with Gasteiger partial charge in [0.2, 0.25) is 10.0 Å². The molecule has 0 aliphatic carbocycles. The second-order valence-electron chi connectivity index (χ2n) is 8.54. The van der Waals surface area contributed by atoms with Crippen LogP contribution in [-0.4, -0.2) is 66.7 Å². The minimum absolute atomic E-state index is 0.0898. The molecule has 1 aliphatic heterocycles. The molecule has 0 unspecified atom stereocenters. The molecule has 4 N–H and O–H groups in total. The minimum atomic E-state index is -3.45. The molecule has 1 saturated heterocycles. The summed E-state index contributed by atoms with van der Waals surface area (Å²) in [6, 6.07) is 12.2. The number of piperidine rings is 1. The Balaban J connectivity index is 1.19. The molecule has 0 radical (unpaired) electrons. The summed E-state index contributed by atoms with van der Waals surface area (Å²) in [5.41, 5.74) is 1.96. The summed E-state index contributed by atoms with van der Waals surface area (Å²) in [7, 11) is -3.45. The van der Waals surface area contributed by atoms with E-state index in [9.17, 15) is 18.3 Å². The third-order valence-electron chi connectivity index (χ3n) is 5.99. The second kappa shape index (κ2) is 10.1. The van der Waals surface area contributed by atoms with Crippen LogP contribution in [0.5, 0.6) is 5.75 Å². The first-order chi connectivity index (χ1) is 15.8. The molecular formula is C23H30N4O5S. The maximum atomic E-state index is 12.8. The number of fused-ring (bicyclic) bond motifs is 1. The van der Waals surface area contributed by atoms with Crippen LogP contribution in [-0.2, 0) is 10.0 Å². The zero-order valence-electron chi connectivity index (χ0n) is 18.6. The molecule has 0 bridgehead atoms. The first-order valence-corrected chi connectivity index (χ1v) is 12.6. The van der Waals surface area contributed by atoms with Crippen molar-refractivity contribution in [2.75, 3.05) is 32.8 Å². The van der Waals surface area contributed by atoms with Gasteiger partial charge in [-0.3, -0.25) is 0 Å². The predicted molar refractivity (Wildman–Crippen MR) is 126 cm³/mol. The Morgan fingerprint density at radius 3 is 2.61 bits per heavy atom. The van der Waals surface area contributed by atoms with Crippen molar-refractivity contribution in [1.29, 1.82) is 0 Å². The molecule has 2 heterocycles. The van der Waals surface area contributed by atoms with E-state index >= 15 is 0 Å². The van der Waals surface area contributed by atoms with Crippen molar-refractivity contribution in [2.45, 2.75) is 30.8 Å². The lowest BCUT2D eigenvalue weighted by molar-refractivity contribution is 0.105. The number of ether oxygens (including phenoxy) is 1. The van der Waals surface area contributed by atoms with Crippen LogP contribution >= 0.6 is 0 Å². The van der Waals surface area contributed by atoms with Crippen molar-refractivity contribution in [1.82, 2.24) is 19.6 Å². The number of hydrogen-bond acceptors (Lipinski definition) is 6. The Labute approximate surface area is 192 Å². The Hall–Kier alpha value is -2.66. The summed E-state index contributed by atoms with van der Waals surface area (Å²) < 4.78 is 32.9. The van der Waals surface area contributed by atoms with Gasteiger partial charge in [-0.1, -0.05) is 23.8 Å². The third-order valence-corrected chi connectivity index (χ3v) is 7.90. The number of aliphatic hydroxyl groups is 1. The van der Waals surface area contributed by atoms with E-state index in [1.165, 1.54) is 0 Å². The van der Waals surface area contributed by atoms with Gasteiger partial charge < -0.3 is 25.1 Å². The number of para-hydroxylation sites is 1. The number of benzene rings is 2. The highest BCUT2D eigenvalue weighted by Gasteiger charge is 2.29. The molecule has 33 heavy (non-hydrogen) atoms. The molecule has 0 saturated carbocycles. The van der Waals surface area contributed by atoms with Crippen molar-refractivity contribution < 1.29 is 18.3 Å². The number of aromatic nitrogens is 2. The van der Waals surface area contributed by atoms with Crippen LogP contribution in [0.1, 0.15) is 18.4 Å². The van der Waals surface area contributed by atoms with Crippen LogP contribution in [0.4, 0.5) is 0 Å². The first-order valence-electron chi connectivity index (χ1n) is 11.1. The molecule has 1 aliphatic rings. The van der Waals surface area contributed by atoms with Gasteiger partial charge in [0.05, 0.1) is 10.4 Å². The third kappa shape index (κ3) is 5.64. The molecule has 1 aromatic heterocycles. The Bertz CT molecular complexity index is 1230. The molecule has 3 aromatic rings. The highest BCUT2D eigenvalue weighted by molar-refractivity contribution is 7.89. The average Bonchev–Trinajstić information content (AvgIpc) is 3.19. The molecule has 178 valence electrons. The summed E-state index contributed by atoms with van der Waals surface area (Å²) in [5.74, 6) is 0.855. The van der Waals surface area contributed by atoms with Gasteiger partial charge in [0.15, 0.2) is 0 Å². The van der Waals surface area contributed by atoms with Crippen LogP contribution in [0.2, 0.25) is 0 Å². The average molecular weight is 475 g/mol. The van der Waals surface area contributed by atoms with Crippen molar-refractivity contribution in [3.8, 4) is 5.75 Å². The normalized spacial score (nSPS) is 16.8. The van der Waals surface area contributed by atoms with Crippen molar-refractivity contribution in [2.24, 2.45) is 5.92 Å². The fourth-order valence-electron chi connectivity index (χ4n) is 4.06. The molecule has 0 amide bonds. The smallest absolute Gasteiger partial charge is 0.323 e. The number of aliphatic hydroxyl groups excluding tert-OH is 1. The zero-order chi connectivity index (χ0) is 23.4. The van der Waals surface area contributed by atoms with E-state index in [1.807, 2.05) is 19.1 Å². The molecule has 4 rings (SSSR count). The fourth-order valence-corrected chi connectivity index (χ4v) is 5.53. The van der Waals surface area contributed by atoms with E-state index in [1.54, 1.807) is 34.6 Å². The van der Waals surface area contributed by atoms with Gasteiger partial charge in [-0.25, -0.2) is 13.2 Å². The highest BCUT2D eigenvalue weighted by atomic mass is 32.2. The highest BCUT2D eigenvalue weighted by Crippen LogP contribution is 2.24. The van der Waals surface area contributed by atoms with Gasteiger partial charge in [-0.05, 0) is 56.5 Å². The van der Waals surface area contributed by atoms with Crippen LogP contribution < -0.4 is 15.7 Å². The van der Waals surface area contributed by atoms with Crippen molar-refractivity contribution in [3.63, 3.8) is 0 Å². The molecular weight excluding hydrogens is 444 g/mol. The number of aromatic amines is 2. The molecule has 9 nitrogen and oxygen atoms in total. The van der Waals surface area contributed by atoms with E-state index in [0.717, 1.165) is 18.4 Å². The molecule has 1 atom stereocenters. The van der Waals surface area contributed by atoms with Crippen LogP contribution in [0.15, 0.2) is 52.2 Å². The number of aryl methyl sites for hydroxylation is 1. The summed E-state index contributed by atoms with van der Waals surface area (Å²) in [5, 5.41) is 13.5. The molecule has 1 fully saturated rings. The SMILES string of the molecule is Cc1ccc(S(=O)(=O)N2CCC(CNC[C@H](O)COc3cccc4[nH]c(=O)[nH]c34)CC2)cc1. The zero-order valence-corrected chi connectivity index (χ0v) is 19.4. The van der Waals surface area contributed by atoms with Crippen LogP contribution in [0, 0.1) is 12.8 Å². The van der Waals surface area contributed by atoms with E-state index in [-0.39, 0.29) is 12.3 Å². The topological polar surface area (TPSA) is 128 Å². The summed E-state index contributed by atoms with van der Waals surface area (Å²) in [6.45, 7) is 4.08. The lowest BCUT2D eigenvalue weighted by Gasteiger charge is -2.31. The minimum Gasteiger partial charge on any atom is -0.489 e. The summed E-state index contributed by atoms with van der Waals surface area (Å²) in [6.07, 6.45) is 0.828. The van der Waals surface area contributed by atoms with E-state index < -0.39 is 16.1 Å². The predicted octanol–water partition coefficient (Wildman–Crippen LogP) is 1.59. The molecule has 0 spiro atoms. The quantitative estimate of drug-likeness (QED) is 0.373. The van der Waals surface area contributed by atoms with Crippen molar-refractivity contribution in [3.05, 3.63) is 58.5 Å². The Morgan fingerprint density at radius 2 is 1.88 bits per heavy atom. The van der Waals surface area contributed by atoms with Gasteiger partial charge in [-0.2, -0.15) is 4.31 Å². The maximum Gasteiger partial charge on any atom is 0.323 e. The number of sulfonamides is 1. The summed E-state index contributed by atoms with van der Waals surface area (Å²) in [4.78, 5) is 17.2. The Kier molecular flexibility index (Phi) is 7.18. The Morgan fingerprint density at radius 1 is 1.15 bits per heavy atom.